The van der Waals surface area contributed by atoms with Crippen molar-refractivity contribution in [1.82, 2.24) is 4.90 Å². The van der Waals surface area contributed by atoms with Crippen LogP contribution >= 0.6 is 12.4 Å². The van der Waals surface area contributed by atoms with Crippen molar-refractivity contribution < 1.29 is 17.9 Å². The Kier molecular flexibility index (Phi) is 6.70. The summed E-state index contributed by atoms with van der Waals surface area (Å²) in [5.74, 6) is -0.107. The minimum atomic E-state index is -4.73. The maximum Gasteiger partial charge on any atom is 0.573 e. The number of nitrogens with zero attached hydrogens (tertiary/aromatic N) is 2. The molecule has 0 spiro atoms. The van der Waals surface area contributed by atoms with Gasteiger partial charge >= 0.3 is 6.36 Å². The lowest BCUT2D eigenvalue weighted by atomic mass is 10.0. The fourth-order valence-corrected chi connectivity index (χ4v) is 2.47. The quantitative estimate of drug-likeness (QED) is 0.566. The molecule has 0 aliphatic carbocycles. The first-order valence-corrected chi connectivity index (χ1v) is 7.07. The highest BCUT2D eigenvalue weighted by atomic mass is 35.5. The number of halogens is 4. The maximum absolute atomic E-state index is 12.1. The van der Waals surface area contributed by atoms with Gasteiger partial charge in [-0.05, 0) is 43.5 Å². The SMILES string of the molecule is Cl.N=C(N)N1CCCCC1C(N)=Nc1ccc(OC(F)(F)F)cc1. The summed E-state index contributed by atoms with van der Waals surface area (Å²) < 4.78 is 40.1. The summed E-state index contributed by atoms with van der Waals surface area (Å²) in [6.45, 7) is 0.634. The van der Waals surface area contributed by atoms with Gasteiger partial charge in [-0.25, -0.2) is 4.99 Å². The predicted octanol–water partition coefficient (Wildman–Crippen LogP) is 2.74. The standard InChI is InChI=1S/C14H18F3N5O.ClH/c15-14(16,17)23-10-6-4-9(5-7-10)21-12(18)11-3-1-2-8-22(11)13(19)20;/h4-7,11H,1-3,8H2,(H2,18,21)(H3,19,20);1H. The van der Waals surface area contributed by atoms with Crippen molar-refractivity contribution in [3.8, 4) is 5.75 Å². The highest BCUT2D eigenvalue weighted by Gasteiger charge is 2.31. The predicted molar refractivity (Wildman–Crippen MR) is 87.9 cm³/mol. The second-order valence-corrected chi connectivity index (χ2v) is 5.17. The second kappa shape index (κ2) is 8.09. The van der Waals surface area contributed by atoms with E-state index in [-0.39, 0.29) is 36.0 Å². The molecule has 5 N–H and O–H groups in total. The summed E-state index contributed by atoms with van der Waals surface area (Å²) in [5, 5.41) is 7.57. The summed E-state index contributed by atoms with van der Waals surface area (Å²) in [7, 11) is 0. The van der Waals surface area contributed by atoms with E-state index in [1.165, 1.54) is 24.3 Å². The van der Waals surface area contributed by atoms with Crippen LogP contribution in [0.2, 0.25) is 0 Å². The van der Waals surface area contributed by atoms with E-state index in [1.54, 1.807) is 4.90 Å². The first-order valence-electron chi connectivity index (χ1n) is 7.07. The number of nitrogens with one attached hydrogen (secondary N) is 1. The van der Waals surface area contributed by atoms with Crippen LogP contribution in [0, 0.1) is 5.41 Å². The largest absolute Gasteiger partial charge is 0.573 e. The molecular weight excluding hydrogens is 347 g/mol. The van der Waals surface area contributed by atoms with Crippen LogP contribution in [-0.2, 0) is 0 Å². The van der Waals surface area contributed by atoms with Crippen LogP contribution < -0.4 is 16.2 Å². The molecule has 6 nitrogen and oxygen atoms in total. The van der Waals surface area contributed by atoms with E-state index in [9.17, 15) is 13.2 Å². The van der Waals surface area contributed by atoms with E-state index in [4.69, 9.17) is 16.9 Å². The van der Waals surface area contributed by atoms with E-state index < -0.39 is 6.36 Å². The van der Waals surface area contributed by atoms with Gasteiger partial charge in [-0.1, -0.05) is 0 Å². The summed E-state index contributed by atoms with van der Waals surface area (Å²) in [6.07, 6.45) is -2.13. The molecule has 0 saturated carbocycles. The zero-order chi connectivity index (χ0) is 17.0. The zero-order valence-corrected chi connectivity index (χ0v) is 13.5. The third-order valence-corrected chi connectivity index (χ3v) is 3.48. The number of rotatable bonds is 3. The number of alkyl halides is 3. The number of benzene rings is 1. The Labute approximate surface area is 143 Å². The molecule has 1 atom stereocenters. The van der Waals surface area contributed by atoms with Crippen LogP contribution in [0.25, 0.3) is 0 Å². The Morgan fingerprint density at radius 1 is 1.21 bits per heavy atom. The molecule has 0 amide bonds. The monoisotopic (exact) mass is 365 g/mol. The van der Waals surface area contributed by atoms with Gasteiger partial charge in [-0.3, -0.25) is 5.41 Å². The van der Waals surface area contributed by atoms with Gasteiger partial charge < -0.3 is 21.1 Å². The van der Waals surface area contributed by atoms with E-state index in [2.05, 4.69) is 9.73 Å². The van der Waals surface area contributed by atoms with Crippen LogP contribution in [-0.4, -0.2) is 35.6 Å². The van der Waals surface area contributed by atoms with Gasteiger partial charge in [0.2, 0.25) is 0 Å². The first-order chi connectivity index (χ1) is 10.8. The van der Waals surface area contributed by atoms with Gasteiger partial charge in [-0.15, -0.1) is 25.6 Å². The molecule has 1 unspecified atom stereocenters. The van der Waals surface area contributed by atoms with Gasteiger partial charge in [0, 0.05) is 6.54 Å². The van der Waals surface area contributed by atoms with Crippen LogP contribution in [0.1, 0.15) is 19.3 Å². The molecule has 0 radical (unpaired) electrons. The van der Waals surface area contributed by atoms with Crippen LogP contribution in [0.3, 0.4) is 0 Å². The molecule has 0 bridgehead atoms. The minimum Gasteiger partial charge on any atom is -0.406 e. The third kappa shape index (κ3) is 5.48. The molecular formula is C14H19ClF3N5O. The lowest BCUT2D eigenvalue weighted by molar-refractivity contribution is -0.274. The van der Waals surface area contributed by atoms with Crippen molar-refractivity contribution >= 4 is 29.9 Å². The van der Waals surface area contributed by atoms with E-state index in [0.29, 0.717) is 12.2 Å². The van der Waals surface area contributed by atoms with Gasteiger partial charge in [0.25, 0.3) is 0 Å². The van der Waals surface area contributed by atoms with E-state index >= 15 is 0 Å². The van der Waals surface area contributed by atoms with Crippen molar-refractivity contribution in [3.05, 3.63) is 24.3 Å². The zero-order valence-electron chi connectivity index (χ0n) is 12.7. The van der Waals surface area contributed by atoms with Crippen LogP contribution in [0.4, 0.5) is 18.9 Å². The molecule has 0 aromatic heterocycles. The van der Waals surface area contributed by atoms with Gasteiger partial charge in [0.1, 0.15) is 11.6 Å². The molecule has 1 aromatic rings. The Balaban J connectivity index is 0.00000288. The molecule has 1 aliphatic heterocycles. The smallest absolute Gasteiger partial charge is 0.406 e. The molecule has 2 rings (SSSR count). The summed E-state index contributed by atoms with van der Waals surface area (Å²) in [5.41, 5.74) is 11.9. The number of piperidine rings is 1. The van der Waals surface area contributed by atoms with Crippen molar-refractivity contribution in [1.29, 1.82) is 5.41 Å². The third-order valence-electron chi connectivity index (χ3n) is 3.48. The molecule has 10 heteroatoms. The lowest BCUT2D eigenvalue weighted by Crippen LogP contribution is -2.52. The molecule has 1 fully saturated rings. The molecule has 24 heavy (non-hydrogen) atoms. The van der Waals surface area contributed by atoms with Gasteiger partial charge in [0.15, 0.2) is 5.96 Å². The number of nitrogens with two attached hydrogens (primary N) is 2. The lowest BCUT2D eigenvalue weighted by Gasteiger charge is -2.35. The van der Waals surface area contributed by atoms with E-state index in [0.717, 1.165) is 19.3 Å². The topological polar surface area (TPSA) is 101 Å². The van der Waals surface area contributed by atoms with Crippen molar-refractivity contribution in [2.75, 3.05) is 6.54 Å². The molecule has 1 aromatic carbocycles. The fraction of sp³-hybridized carbons (Fsp3) is 0.429. The number of ether oxygens (including phenoxy) is 1. The van der Waals surface area contributed by atoms with Gasteiger partial charge in [0.05, 0.1) is 11.7 Å². The van der Waals surface area contributed by atoms with E-state index in [1.807, 2.05) is 0 Å². The first kappa shape index (κ1) is 19.9. The number of guanidine groups is 1. The maximum atomic E-state index is 12.1. The highest BCUT2D eigenvalue weighted by molar-refractivity contribution is 5.91. The normalized spacial score (nSPS) is 18.7. The average Bonchev–Trinajstić information content (AvgIpc) is 2.47. The average molecular weight is 366 g/mol. The summed E-state index contributed by atoms with van der Waals surface area (Å²) in [4.78, 5) is 5.89. The molecule has 1 saturated heterocycles. The fourth-order valence-electron chi connectivity index (χ4n) is 2.47. The Morgan fingerprint density at radius 2 is 1.83 bits per heavy atom. The number of likely N-dealkylation sites (tertiary alicyclic amines) is 1. The minimum absolute atomic E-state index is 0. The number of amidine groups is 1. The molecule has 1 heterocycles. The molecule has 134 valence electrons. The number of hydrogen-bond acceptors (Lipinski definition) is 3. The molecule has 1 aliphatic rings. The Hall–Kier alpha value is -2.16. The Morgan fingerprint density at radius 3 is 2.38 bits per heavy atom. The number of aliphatic imine (C=N–C) groups is 1. The van der Waals surface area contributed by atoms with Crippen molar-refractivity contribution in [3.63, 3.8) is 0 Å². The van der Waals surface area contributed by atoms with Crippen molar-refractivity contribution in [2.45, 2.75) is 31.7 Å². The second-order valence-electron chi connectivity index (χ2n) is 5.17. The van der Waals surface area contributed by atoms with Crippen LogP contribution in [0.5, 0.6) is 5.75 Å². The number of hydrogen-bond donors (Lipinski definition) is 3. The Bertz CT molecular complexity index is 591. The summed E-state index contributed by atoms with van der Waals surface area (Å²) >= 11 is 0. The van der Waals surface area contributed by atoms with Gasteiger partial charge in [-0.2, -0.15) is 0 Å². The summed E-state index contributed by atoms with van der Waals surface area (Å²) in [6, 6.07) is 4.84. The highest BCUT2D eigenvalue weighted by Crippen LogP contribution is 2.25. The van der Waals surface area contributed by atoms with Crippen molar-refractivity contribution in [2.24, 2.45) is 16.5 Å². The van der Waals surface area contributed by atoms with Crippen LogP contribution in [0.15, 0.2) is 29.3 Å².